The molecule has 0 spiro atoms. The highest BCUT2D eigenvalue weighted by Gasteiger charge is 2.30. The number of ketones is 3. The van der Waals surface area contributed by atoms with Crippen LogP contribution >= 0.6 is 10.7 Å². The van der Waals surface area contributed by atoms with Crippen LogP contribution < -0.4 is 32.6 Å². The first kappa shape index (κ1) is 63.6. The predicted octanol–water partition coefficient (Wildman–Crippen LogP) is 13.0. The average molecular weight is 1180 g/mol. The third-order valence-corrected chi connectivity index (χ3v) is 18.1. The van der Waals surface area contributed by atoms with Crippen LogP contribution in [0.5, 0.6) is 5.75 Å². The number of rotatable bonds is 11. The first-order chi connectivity index (χ1) is 39.6. The van der Waals surface area contributed by atoms with Crippen molar-refractivity contribution in [3.8, 4) is 5.75 Å². The molecule has 8 aromatic rings. The Morgan fingerprint density at radius 3 is 1.18 bits per heavy atom. The fourth-order valence-electron chi connectivity index (χ4n) is 10.4. The molecule has 0 amide bonds. The Hall–Kier alpha value is -7.02. The molecule has 8 aromatic carbocycles. The summed E-state index contributed by atoms with van der Waals surface area (Å²) in [5.41, 5.74) is 21.7. The average Bonchev–Trinajstić information content (AvgIpc) is 3.53. The number of hydrogen-bond donors (Lipinski definition) is 7. The fourth-order valence-corrected chi connectivity index (χ4v) is 12.5. The van der Waals surface area contributed by atoms with Gasteiger partial charge in [-0.15, -0.1) is 0 Å². The van der Waals surface area contributed by atoms with Crippen LogP contribution in [-0.4, -0.2) is 75.5 Å². The van der Waals surface area contributed by atoms with E-state index in [-0.39, 0.29) is 58.2 Å². The fraction of sp³-hybridized carbons (Fsp3) is 0.318. The van der Waals surface area contributed by atoms with E-state index in [4.69, 9.17) is 27.9 Å². The third-order valence-electron chi connectivity index (χ3n) is 15.3. The Morgan fingerprint density at radius 2 is 0.771 bits per heavy atom. The van der Waals surface area contributed by atoms with Crippen LogP contribution in [0, 0.1) is 0 Å². The molecule has 6 atom stereocenters. The third kappa shape index (κ3) is 19.0. The summed E-state index contributed by atoms with van der Waals surface area (Å²) in [6, 6.07) is 51.8. The van der Waals surface area contributed by atoms with Gasteiger partial charge in [0.1, 0.15) is 5.75 Å². The minimum absolute atomic E-state index is 0.0196. The van der Waals surface area contributed by atoms with Crippen molar-refractivity contribution in [3.63, 3.8) is 0 Å². The van der Waals surface area contributed by atoms with E-state index in [1.807, 2.05) is 66.7 Å². The molecule has 0 aliphatic heterocycles. The largest absolute Gasteiger partial charge is 0.508 e. The summed E-state index contributed by atoms with van der Waals surface area (Å²) in [7, 11) is -2.05. The molecule has 83 heavy (non-hydrogen) atoms. The molecule has 17 heteroatoms. The molecule has 10 N–H and O–H groups in total. The van der Waals surface area contributed by atoms with Gasteiger partial charge in [0, 0.05) is 75.0 Å². The molecule has 0 radical (unpaired) electrons. The second kappa shape index (κ2) is 30.0. The first-order valence-electron chi connectivity index (χ1n) is 28.3. The molecule has 3 fully saturated rings. The number of phenolic OH excluding ortho intramolecular Hbond substituents is 1. The minimum atomic E-state index is -3.55. The zero-order chi connectivity index (χ0) is 59.7. The number of nitrogens with one attached hydrogen (secondary N) is 3. The van der Waals surface area contributed by atoms with Crippen LogP contribution in [0.15, 0.2) is 180 Å². The lowest BCUT2D eigenvalue weighted by Crippen LogP contribution is -2.48. The zero-order valence-corrected chi connectivity index (χ0v) is 49.7. The van der Waals surface area contributed by atoms with Gasteiger partial charge in [0.05, 0.1) is 9.79 Å². The maximum absolute atomic E-state index is 12.8. The lowest BCUT2D eigenvalue weighted by Gasteiger charge is -2.33. The molecule has 3 aliphatic carbocycles. The zero-order valence-electron chi connectivity index (χ0n) is 47.3. The summed E-state index contributed by atoms with van der Waals surface area (Å²) in [6.07, 6.45) is 13.3. The van der Waals surface area contributed by atoms with Gasteiger partial charge in [-0.05, 0) is 170 Å². The van der Waals surface area contributed by atoms with Crippen molar-refractivity contribution in [1.29, 1.82) is 0 Å². The molecule has 3 aliphatic rings. The van der Waals surface area contributed by atoms with Gasteiger partial charge in [-0.2, -0.15) is 0 Å². The predicted molar refractivity (Wildman–Crippen MR) is 338 cm³/mol. The van der Waals surface area contributed by atoms with Gasteiger partial charge >= 0.3 is 0 Å². The molecular formula is C66H77ClN6O8S2. The molecule has 11 rings (SSSR count). The van der Waals surface area contributed by atoms with Crippen LogP contribution in [0.4, 0.5) is 11.4 Å². The topological polar surface area (TPSA) is 254 Å². The normalized spacial score (nSPS) is 19.6. The van der Waals surface area contributed by atoms with Crippen LogP contribution in [0.25, 0.3) is 32.3 Å². The van der Waals surface area contributed by atoms with E-state index in [1.165, 1.54) is 37.8 Å². The maximum atomic E-state index is 12.8. The highest BCUT2D eigenvalue weighted by atomic mass is 35.7. The summed E-state index contributed by atoms with van der Waals surface area (Å²) in [5, 5.41) is 22.6. The van der Waals surface area contributed by atoms with Crippen LogP contribution in [0.1, 0.15) is 129 Å². The van der Waals surface area contributed by atoms with E-state index in [1.54, 1.807) is 87.5 Å². The van der Waals surface area contributed by atoms with Crippen LogP contribution in [0.3, 0.4) is 0 Å². The Morgan fingerprint density at radius 1 is 0.422 bits per heavy atom. The van der Waals surface area contributed by atoms with E-state index in [0.717, 1.165) is 101 Å². The Balaban J connectivity index is 0.000000162. The van der Waals surface area contributed by atoms with Gasteiger partial charge in [-0.3, -0.25) is 14.4 Å². The van der Waals surface area contributed by atoms with E-state index < -0.39 is 19.1 Å². The Kier molecular flexibility index (Phi) is 23.0. The second-order valence-electron chi connectivity index (χ2n) is 21.6. The number of hydrogen-bond acceptors (Lipinski definition) is 13. The number of benzene rings is 8. The van der Waals surface area contributed by atoms with E-state index in [2.05, 4.69) is 39.6 Å². The van der Waals surface area contributed by atoms with Crippen LogP contribution in [-0.2, 0) is 19.1 Å². The van der Waals surface area contributed by atoms with Crippen molar-refractivity contribution < 1.29 is 36.3 Å². The van der Waals surface area contributed by atoms with Crippen molar-refractivity contribution >= 4 is 90.8 Å². The number of sulfonamides is 1. The molecule has 0 aromatic heterocycles. The Labute approximate surface area is 493 Å². The Bertz CT molecular complexity index is 3710. The van der Waals surface area contributed by atoms with Crippen molar-refractivity contribution in [2.24, 2.45) is 17.2 Å². The SMILES string of the molecule is CC(=O)c1ccc2cc(NC3CCCCC3N)ccc2c1.CC(=O)c1ccc2cc(NC3CCCCC3NS(=O)(=O)c3ccccc3)ccc2c1.CC(=O)c1ccc2cc(O)ccc2c1.N[C@@H]1CCCC[C@H]1N.O=S(=O)(Cl)c1ccccc1. The number of aromatic hydroxyl groups is 1. The number of carbonyl (C=O) groups excluding carboxylic acids is 3. The highest BCUT2D eigenvalue weighted by Crippen LogP contribution is 2.29. The first-order valence-corrected chi connectivity index (χ1v) is 32.1. The van der Waals surface area contributed by atoms with E-state index in [9.17, 15) is 36.3 Å². The summed E-state index contributed by atoms with van der Waals surface area (Å²) in [4.78, 5) is 34.6. The number of Topliss-reactive ketones (excluding diaryl/α,β-unsaturated/α-hetero) is 3. The summed E-state index contributed by atoms with van der Waals surface area (Å²) in [6.45, 7) is 4.71. The van der Waals surface area contributed by atoms with Crippen molar-refractivity contribution in [2.75, 3.05) is 10.6 Å². The van der Waals surface area contributed by atoms with Crippen molar-refractivity contribution in [2.45, 2.75) is 144 Å². The number of halogens is 1. The summed E-state index contributed by atoms with van der Waals surface area (Å²) < 4.78 is 49.7. The number of phenols is 1. The lowest BCUT2D eigenvalue weighted by molar-refractivity contribution is 0.100. The number of carbonyl (C=O) groups is 3. The molecular weight excluding hydrogens is 1100 g/mol. The van der Waals surface area contributed by atoms with E-state index in [0.29, 0.717) is 22.1 Å². The molecule has 4 unspecified atom stereocenters. The molecule has 0 bridgehead atoms. The monoisotopic (exact) mass is 1180 g/mol. The number of anilines is 2. The maximum Gasteiger partial charge on any atom is 0.261 e. The van der Waals surface area contributed by atoms with Gasteiger partial charge in [-0.25, -0.2) is 21.6 Å². The minimum Gasteiger partial charge on any atom is -0.508 e. The molecule has 438 valence electrons. The lowest BCUT2D eigenvalue weighted by atomic mass is 9.90. The summed E-state index contributed by atoms with van der Waals surface area (Å²) in [5.74, 6) is 0.454. The number of fused-ring (bicyclic) bond motifs is 3. The molecule has 0 heterocycles. The standard InChI is InChI=1S/C24H26N2O3S.C18H22N2O.C12H10O2.C6H5ClO2S.C6H14N2/c1-17(27)18-11-12-20-16-21(14-13-19(20)15-18)25-23-9-5-6-10-24(23)26-30(28,29)22-7-3-2-4-8-22;1-12(21)13-6-7-15-11-16(9-8-14(15)10-13)20-18-5-3-2-4-17(18)19;1-8(13)9-2-3-11-7-12(14)5-4-10(11)6-9;7-10(8,9)6-4-2-1-3-5-6;7-5-3-1-2-4-6(5)8/h2-4,7-8,11-16,23-26H,5-6,9-10H2,1H3;6-11,17-18,20H,2-5,19H2,1H3;2-7,14H,1H3;1-5H;5-6H,1-4,7-8H2/t;;;;5-,6-/m....1/s1. The molecule has 14 nitrogen and oxygen atoms in total. The highest BCUT2D eigenvalue weighted by molar-refractivity contribution is 8.13. The van der Waals surface area contributed by atoms with Gasteiger partial charge in [0.25, 0.3) is 9.05 Å². The van der Waals surface area contributed by atoms with Gasteiger partial charge in [0.15, 0.2) is 17.3 Å². The van der Waals surface area contributed by atoms with Gasteiger partial charge < -0.3 is 32.9 Å². The smallest absolute Gasteiger partial charge is 0.261 e. The molecule has 3 saturated carbocycles. The van der Waals surface area contributed by atoms with Gasteiger partial charge in [-0.1, -0.05) is 130 Å². The quantitative estimate of drug-likeness (QED) is 0.0470. The van der Waals surface area contributed by atoms with Crippen molar-refractivity contribution in [1.82, 2.24) is 4.72 Å². The second-order valence-corrected chi connectivity index (χ2v) is 25.9. The number of nitrogens with two attached hydrogens (primary N) is 3. The van der Waals surface area contributed by atoms with Crippen molar-refractivity contribution in [3.05, 3.63) is 187 Å². The molecule has 0 saturated heterocycles. The van der Waals surface area contributed by atoms with E-state index >= 15 is 0 Å². The summed E-state index contributed by atoms with van der Waals surface area (Å²) >= 11 is 0. The van der Waals surface area contributed by atoms with Crippen LogP contribution in [0.2, 0.25) is 0 Å². The van der Waals surface area contributed by atoms with Gasteiger partial charge in [0.2, 0.25) is 10.0 Å².